The molecule has 4 unspecified atom stereocenters. The molecule has 252 valence electrons. The molecular weight excluding hydrogens is 644 g/mol. The molecule has 0 saturated carbocycles. The number of carbonyl (C=O) groups excluding carboxylic acids is 4. The second-order valence-electron chi connectivity index (χ2n) is 10.9. The van der Waals surface area contributed by atoms with Crippen molar-refractivity contribution in [3.63, 3.8) is 0 Å². The highest BCUT2D eigenvalue weighted by Gasteiger charge is 2.53. The highest BCUT2D eigenvalue weighted by atomic mass is 16.8. The Morgan fingerprint density at radius 1 is 0.640 bits per heavy atom. The van der Waals surface area contributed by atoms with Crippen LogP contribution in [0.25, 0.3) is 0 Å². The Morgan fingerprint density at radius 3 is 1.64 bits per heavy atom. The molecule has 0 radical (unpaired) electrons. The number of nitrogens with zero attached hydrogens (tertiary/aromatic N) is 2. The molecule has 1 saturated heterocycles. The van der Waals surface area contributed by atoms with E-state index in [1.807, 2.05) is 30.3 Å². The van der Waals surface area contributed by atoms with Crippen LogP contribution in [0.4, 0.5) is 10.6 Å². The maximum absolute atomic E-state index is 13.4. The zero-order valence-electron chi connectivity index (χ0n) is 26.3. The predicted octanol–water partition coefficient (Wildman–Crippen LogP) is 4.73. The summed E-state index contributed by atoms with van der Waals surface area (Å²) in [5, 5.41) is 5.18. The molecule has 1 aromatic heterocycles. The first-order chi connectivity index (χ1) is 24.4. The molecule has 6 rings (SSSR count). The van der Waals surface area contributed by atoms with Crippen molar-refractivity contribution in [3.8, 4) is 0 Å². The first-order valence-electron chi connectivity index (χ1n) is 15.5. The summed E-state index contributed by atoms with van der Waals surface area (Å²) >= 11 is 0. The van der Waals surface area contributed by atoms with Crippen LogP contribution < -0.4 is 16.3 Å². The Bertz CT molecular complexity index is 2010. The normalized spacial score (nSPS) is 18.0. The van der Waals surface area contributed by atoms with Crippen LogP contribution in [0, 0.1) is 0 Å². The van der Waals surface area contributed by atoms with Gasteiger partial charge in [-0.25, -0.2) is 24.0 Å². The van der Waals surface area contributed by atoms with Crippen molar-refractivity contribution in [2.45, 2.75) is 31.3 Å². The molecule has 5 aromatic rings. The van der Waals surface area contributed by atoms with Gasteiger partial charge in [0, 0.05) is 12.7 Å². The summed E-state index contributed by atoms with van der Waals surface area (Å²) in [5.41, 5.74) is 0.448. The van der Waals surface area contributed by atoms with Gasteiger partial charge in [0.15, 0.2) is 12.3 Å². The summed E-state index contributed by atoms with van der Waals surface area (Å²) < 4.78 is 24.4. The number of benzene rings is 4. The van der Waals surface area contributed by atoms with Crippen LogP contribution in [0.3, 0.4) is 0 Å². The topological polar surface area (TPSA) is 164 Å². The smallest absolute Gasteiger partial charge is 0.351 e. The summed E-state index contributed by atoms with van der Waals surface area (Å²) in [5.74, 6) is -2.55. The third-order valence-corrected chi connectivity index (χ3v) is 7.53. The van der Waals surface area contributed by atoms with Gasteiger partial charge in [-0.05, 0) is 48.0 Å². The molecule has 13 heteroatoms. The molecule has 50 heavy (non-hydrogen) atoms. The molecule has 2 heterocycles. The van der Waals surface area contributed by atoms with Gasteiger partial charge in [0.2, 0.25) is 12.4 Å². The van der Waals surface area contributed by atoms with Crippen molar-refractivity contribution in [1.82, 2.24) is 14.9 Å². The SMILES string of the molecule is O=C(NCc1ccccc1)Nc1ccn(C2OC(OC(=O)c3ccccc3)C(OC(=O)c3ccccc3)C2OC(=O)c2ccccc2)c(=O)n1. The Morgan fingerprint density at radius 2 is 1.12 bits per heavy atom. The first-order valence-corrected chi connectivity index (χ1v) is 15.5. The molecule has 2 N–H and O–H groups in total. The Balaban J connectivity index is 1.30. The average Bonchev–Trinajstić information content (AvgIpc) is 3.47. The van der Waals surface area contributed by atoms with Crippen LogP contribution in [-0.2, 0) is 25.5 Å². The van der Waals surface area contributed by atoms with E-state index < -0.39 is 54.4 Å². The molecule has 1 aliphatic heterocycles. The van der Waals surface area contributed by atoms with Gasteiger partial charge in [-0.1, -0.05) is 84.9 Å². The van der Waals surface area contributed by atoms with Gasteiger partial charge in [-0.15, -0.1) is 0 Å². The highest BCUT2D eigenvalue weighted by Crippen LogP contribution is 2.35. The van der Waals surface area contributed by atoms with Crippen LogP contribution in [0.2, 0.25) is 0 Å². The Kier molecular flexibility index (Phi) is 10.3. The quantitative estimate of drug-likeness (QED) is 0.156. The third kappa shape index (κ3) is 8.09. The standard InChI is InChI=1S/C37H30N4O9/c42-32(25-15-7-2-8-16-25)47-29-30(48-33(43)26-17-9-3-10-18-26)35(50-34(44)27-19-11-4-12-20-27)49-31(29)41-22-21-28(40-37(41)46)39-36(45)38-23-24-13-5-1-6-14-24/h1-22,29-31,35H,23H2,(H2,38,39,40,45,46). The fourth-order valence-electron chi connectivity index (χ4n) is 5.07. The lowest BCUT2D eigenvalue weighted by Gasteiger charge is -2.24. The Hall–Kier alpha value is -6.60. The number of urea groups is 1. The second kappa shape index (κ2) is 15.5. The lowest BCUT2D eigenvalue weighted by Crippen LogP contribution is -2.42. The lowest BCUT2D eigenvalue weighted by atomic mass is 10.1. The van der Waals surface area contributed by atoms with E-state index in [0.29, 0.717) is 0 Å². The van der Waals surface area contributed by atoms with Crippen LogP contribution in [0.15, 0.2) is 138 Å². The molecule has 1 fully saturated rings. The summed E-state index contributed by atoms with van der Waals surface area (Å²) in [6.45, 7) is 0.236. The minimum Gasteiger partial charge on any atom is -0.450 e. The van der Waals surface area contributed by atoms with E-state index in [9.17, 15) is 24.0 Å². The molecule has 0 spiro atoms. The number of ether oxygens (including phenoxy) is 4. The fraction of sp³-hybridized carbons (Fsp3) is 0.135. The summed E-state index contributed by atoms with van der Waals surface area (Å²) in [4.78, 5) is 69.8. The van der Waals surface area contributed by atoms with Crippen molar-refractivity contribution in [2.75, 3.05) is 5.32 Å². The van der Waals surface area contributed by atoms with Crippen molar-refractivity contribution in [3.05, 3.63) is 166 Å². The zero-order valence-corrected chi connectivity index (χ0v) is 26.3. The molecule has 2 amide bonds. The van der Waals surface area contributed by atoms with E-state index in [0.717, 1.165) is 10.1 Å². The number of rotatable bonds is 10. The van der Waals surface area contributed by atoms with E-state index in [4.69, 9.17) is 18.9 Å². The number of hydrogen-bond acceptors (Lipinski definition) is 10. The van der Waals surface area contributed by atoms with Crippen molar-refractivity contribution < 1.29 is 38.1 Å². The van der Waals surface area contributed by atoms with Gasteiger partial charge in [-0.3, -0.25) is 9.88 Å². The van der Waals surface area contributed by atoms with Crippen LogP contribution in [0.1, 0.15) is 42.9 Å². The molecule has 4 aromatic carbocycles. The van der Waals surface area contributed by atoms with E-state index >= 15 is 0 Å². The molecule has 13 nitrogen and oxygen atoms in total. The fourth-order valence-corrected chi connectivity index (χ4v) is 5.07. The predicted molar refractivity (Wildman–Crippen MR) is 178 cm³/mol. The summed E-state index contributed by atoms with van der Waals surface area (Å²) in [6, 6.07) is 34.0. The number of amides is 2. The van der Waals surface area contributed by atoms with E-state index in [2.05, 4.69) is 15.6 Å². The Labute approximate surface area is 285 Å². The minimum atomic E-state index is -1.64. The molecule has 0 bridgehead atoms. The van der Waals surface area contributed by atoms with Crippen molar-refractivity contribution >= 4 is 29.8 Å². The van der Waals surface area contributed by atoms with Gasteiger partial charge in [-0.2, -0.15) is 4.98 Å². The van der Waals surface area contributed by atoms with E-state index in [-0.39, 0.29) is 29.1 Å². The molecule has 4 atom stereocenters. The molecular formula is C37H30N4O9. The monoisotopic (exact) mass is 674 g/mol. The van der Waals surface area contributed by atoms with Crippen LogP contribution >= 0.6 is 0 Å². The van der Waals surface area contributed by atoms with Gasteiger partial charge < -0.3 is 24.3 Å². The summed E-state index contributed by atoms with van der Waals surface area (Å²) in [6.07, 6.45) is -4.93. The van der Waals surface area contributed by atoms with Gasteiger partial charge >= 0.3 is 29.6 Å². The lowest BCUT2D eigenvalue weighted by molar-refractivity contribution is -0.149. The molecule has 0 aliphatic carbocycles. The van der Waals surface area contributed by atoms with Crippen LogP contribution in [0.5, 0.6) is 0 Å². The number of aromatic nitrogens is 2. The summed E-state index contributed by atoms with van der Waals surface area (Å²) in [7, 11) is 0. The molecule has 1 aliphatic rings. The maximum Gasteiger partial charge on any atom is 0.351 e. The van der Waals surface area contributed by atoms with Gasteiger partial charge in [0.05, 0.1) is 16.7 Å². The number of nitrogens with one attached hydrogen (secondary N) is 2. The number of carbonyl (C=O) groups is 4. The van der Waals surface area contributed by atoms with Gasteiger partial charge in [0.25, 0.3) is 0 Å². The van der Waals surface area contributed by atoms with Crippen molar-refractivity contribution in [1.29, 1.82) is 0 Å². The number of esters is 3. The third-order valence-electron chi connectivity index (χ3n) is 7.53. The maximum atomic E-state index is 13.4. The number of hydrogen-bond donors (Lipinski definition) is 2. The zero-order chi connectivity index (χ0) is 34.9. The van der Waals surface area contributed by atoms with Crippen molar-refractivity contribution in [2.24, 2.45) is 0 Å². The second-order valence-corrected chi connectivity index (χ2v) is 10.9. The highest BCUT2D eigenvalue weighted by molar-refractivity contribution is 5.91. The van der Waals surface area contributed by atoms with Gasteiger partial charge in [0.1, 0.15) is 5.82 Å². The van der Waals surface area contributed by atoms with Crippen LogP contribution in [-0.4, -0.2) is 52.0 Å². The average molecular weight is 675 g/mol. The van der Waals surface area contributed by atoms with E-state index in [1.165, 1.54) is 48.7 Å². The number of anilines is 1. The van der Waals surface area contributed by atoms with E-state index in [1.54, 1.807) is 54.6 Å². The largest absolute Gasteiger partial charge is 0.450 e. The first kappa shape index (κ1) is 33.3. The minimum absolute atomic E-state index is 0.0771.